The molecule has 58 valence electrons. The van der Waals surface area contributed by atoms with Crippen LogP contribution >= 0.6 is 35.0 Å². The van der Waals surface area contributed by atoms with Crippen molar-refractivity contribution >= 4 is 40.7 Å². The molecule has 0 saturated carbocycles. The zero-order chi connectivity index (χ0) is 7.52. The highest BCUT2D eigenvalue weighted by Gasteiger charge is 2.06. The lowest BCUT2D eigenvalue weighted by Gasteiger charge is -2.19. The molecule has 1 nitrogen and oxygen atoms in total. The second-order valence-electron chi connectivity index (χ2n) is 2.01. The first-order valence-corrected chi connectivity index (χ1v) is 6.13. The van der Waals surface area contributed by atoms with Crippen molar-refractivity contribution in [1.82, 2.24) is 0 Å². The molecule has 1 aromatic rings. The lowest BCUT2D eigenvalue weighted by molar-refractivity contribution is 1.48. The van der Waals surface area contributed by atoms with Gasteiger partial charge in [0.2, 0.25) is 0 Å². The quantitative estimate of drug-likeness (QED) is 0.641. The number of hydrogen-bond donors (Lipinski definition) is 0. The summed E-state index contributed by atoms with van der Waals surface area (Å²) in [7, 11) is 0. The molecule has 0 fully saturated rings. The second-order valence-corrected chi connectivity index (χ2v) is 4.99. The molecule has 2 rings (SSSR count). The van der Waals surface area contributed by atoms with Gasteiger partial charge in [-0.1, -0.05) is 0 Å². The van der Waals surface area contributed by atoms with E-state index in [1.165, 1.54) is 5.69 Å². The fraction of sp³-hybridized carbons (Fsp3) is 0.143. The van der Waals surface area contributed by atoms with E-state index < -0.39 is 0 Å². The maximum absolute atomic E-state index is 2.20. The molecule has 0 saturated heterocycles. The third kappa shape index (κ3) is 1.75. The topological polar surface area (TPSA) is 3.24 Å². The molecule has 0 bridgehead atoms. The van der Waals surface area contributed by atoms with Gasteiger partial charge in [-0.15, -0.1) is 11.8 Å². The number of thioether (sulfide) groups is 1. The minimum atomic E-state index is 1.12. The number of hydrogen-bond acceptors (Lipinski definition) is 4. The van der Waals surface area contributed by atoms with E-state index >= 15 is 0 Å². The summed E-state index contributed by atoms with van der Waals surface area (Å²) >= 11 is 5.41. The van der Waals surface area contributed by atoms with Crippen molar-refractivity contribution in [3.8, 4) is 0 Å². The van der Waals surface area contributed by atoms with E-state index in [1.54, 1.807) is 11.3 Å². The number of nitrogens with zero attached hydrogens (tertiary/aromatic N) is 1. The molecule has 0 aromatic carbocycles. The summed E-state index contributed by atoms with van der Waals surface area (Å²) in [6, 6.07) is 2.14. The van der Waals surface area contributed by atoms with Gasteiger partial charge in [-0.05, 0) is 28.8 Å². The summed E-state index contributed by atoms with van der Waals surface area (Å²) in [6.07, 6.45) is 2.11. The van der Waals surface area contributed by atoms with E-state index in [0.717, 1.165) is 5.08 Å². The van der Waals surface area contributed by atoms with Gasteiger partial charge in [0.25, 0.3) is 0 Å². The number of rotatable bonds is 1. The van der Waals surface area contributed by atoms with Crippen molar-refractivity contribution < 1.29 is 0 Å². The molecule has 0 atom stereocenters. The molecular weight excluding hydrogens is 194 g/mol. The monoisotopic (exact) mass is 201 g/mol. The van der Waals surface area contributed by atoms with Gasteiger partial charge in [0.1, 0.15) is 0 Å². The zero-order valence-corrected chi connectivity index (χ0v) is 8.22. The third-order valence-electron chi connectivity index (χ3n) is 1.31. The van der Waals surface area contributed by atoms with Crippen LogP contribution in [0.2, 0.25) is 0 Å². The molecule has 0 aliphatic carbocycles. The van der Waals surface area contributed by atoms with Crippen LogP contribution < -0.4 is 4.31 Å². The molecule has 1 aliphatic rings. The van der Waals surface area contributed by atoms with Gasteiger partial charge in [-0.3, -0.25) is 4.31 Å². The molecule has 1 aromatic heterocycles. The lowest BCUT2D eigenvalue weighted by atomic mass is 10.5. The van der Waals surface area contributed by atoms with Gasteiger partial charge in [0.05, 0.1) is 10.8 Å². The van der Waals surface area contributed by atoms with Gasteiger partial charge >= 0.3 is 0 Å². The molecule has 11 heavy (non-hydrogen) atoms. The predicted molar refractivity (Wildman–Crippen MR) is 56.0 cm³/mol. The molecule has 0 spiro atoms. The Morgan fingerprint density at radius 2 is 2.45 bits per heavy atom. The normalized spacial score (nSPS) is 17.3. The number of anilines is 1. The third-order valence-corrected chi connectivity index (χ3v) is 3.87. The van der Waals surface area contributed by atoms with Crippen molar-refractivity contribution in [2.75, 3.05) is 9.39 Å². The molecule has 2 heterocycles. The van der Waals surface area contributed by atoms with Gasteiger partial charge in [-0.2, -0.15) is 11.3 Å². The van der Waals surface area contributed by atoms with Gasteiger partial charge in [-0.25, -0.2) is 0 Å². The van der Waals surface area contributed by atoms with Crippen molar-refractivity contribution in [2.45, 2.75) is 0 Å². The van der Waals surface area contributed by atoms with Gasteiger partial charge in [0.15, 0.2) is 0 Å². The lowest BCUT2D eigenvalue weighted by Crippen LogP contribution is -2.06. The first-order chi connectivity index (χ1) is 5.47. The molecular formula is C7H7NS3. The maximum atomic E-state index is 2.20. The Hall–Kier alpha value is -0.0600. The summed E-state index contributed by atoms with van der Waals surface area (Å²) in [4.78, 5) is 0. The van der Waals surface area contributed by atoms with Crippen LogP contribution in [0, 0.1) is 0 Å². The molecule has 0 radical (unpaired) electrons. The van der Waals surface area contributed by atoms with Gasteiger partial charge < -0.3 is 0 Å². The molecule has 0 N–H and O–H groups in total. The van der Waals surface area contributed by atoms with Crippen molar-refractivity contribution in [3.63, 3.8) is 0 Å². The summed E-state index contributed by atoms with van der Waals surface area (Å²) < 4.78 is 2.20. The fourth-order valence-corrected chi connectivity index (χ4v) is 3.21. The Balaban J connectivity index is 2.16. The maximum Gasteiger partial charge on any atom is 0.0637 e. The van der Waals surface area contributed by atoms with Crippen molar-refractivity contribution in [1.29, 1.82) is 0 Å². The highest BCUT2D eigenvalue weighted by Crippen LogP contribution is 2.31. The Bertz CT molecular complexity index is 242. The first kappa shape index (κ1) is 7.58. The summed E-state index contributed by atoms with van der Waals surface area (Å²) in [5.74, 6) is 0. The Kier molecular flexibility index (Phi) is 2.45. The second kappa shape index (κ2) is 3.56. The van der Waals surface area contributed by atoms with Crippen LogP contribution in [0.3, 0.4) is 0 Å². The first-order valence-electron chi connectivity index (χ1n) is 3.19. The van der Waals surface area contributed by atoms with E-state index in [0.29, 0.717) is 0 Å². The standard InChI is InChI=1S/C7H7NS3/c1-3-9-5-7(1)8-2-4-10-6-11-8/h1-5H,6H2. The highest BCUT2D eigenvalue weighted by atomic mass is 32.2. The zero-order valence-electron chi connectivity index (χ0n) is 5.77. The van der Waals surface area contributed by atoms with E-state index in [9.17, 15) is 0 Å². The smallest absolute Gasteiger partial charge is 0.0637 e. The van der Waals surface area contributed by atoms with Crippen LogP contribution in [0.4, 0.5) is 5.69 Å². The minimum absolute atomic E-state index is 1.12. The van der Waals surface area contributed by atoms with Gasteiger partial charge in [0, 0.05) is 11.6 Å². The predicted octanol–water partition coefficient (Wildman–Crippen LogP) is 3.38. The average Bonchev–Trinajstić information content (AvgIpc) is 2.58. The Morgan fingerprint density at radius 1 is 1.45 bits per heavy atom. The molecule has 1 aliphatic heterocycles. The largest absolute Gasteiger partial charge is 0.290 e. The van der Waals surface area contributed by atoms with E-state index in [-0.39, 0.29) is 0 Å². The van der Waals surface area contributed by atoms with Crippen LogP contribution in [0.25, 0.3) is 0 Å². The molecule has 4 heteroatoms. The summed E-state index contributed by atoms with van der Waals surface area (Å²) in [5, 5.41) is 7.51. The van der Waals surface area contributed by atoms with Crippen LogP contribution in [-0.4, -0.2) is 5.08 Å². The van der Waals surface area contributed by atoms with Crippen LogP contribution in [-0.2, 0) is 0 Å². The minimum Gasteiger partial charge on any atom is -0.290 e. The van der Waals surface area contributed by atoms with Crippen molar-refractivity contribution in [3.05, 3.63) is 28.4 Å². The fourth-order valence-electron chi connectivity index (χ4n) is 0.811. The SMILES string of the molecule is C1=CN(c2ccsc2)SCS1. The average molecular weight is 201 g/mol. The van der Waals surface area contributed by atoms with Crippen molar-refractivity contribution in [2.24, 2.45) is 0 Å². The van der Waals surface area contributed by atoms with Crippen LogP contribution in [0.15, 0.2) is 28.4 Å². The van der Waals surface area contributed by atoms with E-state index in [2.05, 4.69) is 32.7 Å². The number of thiophene rings is 1. The van der Waals surface area contributed by atoms with Crippen LogP contribution in [0.5, 0.6) is 0 Å². The Morgan fingerprint density at radius 3 is 3.09 bits per heavy atom. The highest BCUT2D eigenvalue weighted by molar-refractivity contribution is 8.18. The molecule has 0 amide bonds. The van der Waals surface area contributed by atoms with Crippen LogP contribution in [0.1, 0.15) is 0 Å². The summed E-state index contributed by atoms with van der Waals surface area (Å²) in [6.45, 7) is 0. The molecule has 0 unspecified atom stereocenters. The van der Waals surface area contributed by atoms with E-state index in [4.69, 9.17) is 0 Å². The summed E-state index contributed by atoms with van der Waals surface area (Å²) in [5.41, 5.74) is 1.29. The van der Waals surface area contributed by atoms with E-state index in [1.807, 2.05) is 23.7 Å². The Labute approximate surface area is 78.6 Å².